The maximum absolute atomic E-state index is 2.69. The zero-order chi connectivity index (χ0) is 19.4. The molecule has 0 amide bonds. The van der Waals surface area contributed by atoms with Gasteiger partial charge in [-0.2, -0.15) is 0 Å². The Hall–Kier alpha value is -0.730. The van der Waals surface area contributed by atoms with Crippen molar-refractivity contribution in [3.05, 3.63) is 29.8 Å². The normalized spacial score (nSPS) is 23.3. The van der Waals surface area contributed by atoms with E-state index in [-0.39, 0.29) is 12.4 Å². The third-order valence-electron chi connectivity index (χ3n) is 8.07. The highest BCUT2D eigenvalue weighted by Crippen LogP contribution is 2.51. The van der Waals surface area contributed by atoms with Crippen molar-refractivity contribution in [1.82, 2.24) is 4.90 Å². The van der Waals surface area contributed by atoms with Crippen LogP contribution in [0.2, 0.25) is 0 Å². The number of rotatable bonds is 5. The predicted molar refractivity (Wildman–Crippen MR) is 129 cm³/mol. The van der Waals surface area contributed by atoms with Gasteiger partial charge >= 0.3 is 0 Å². The molecule has 3 aliphatic rings. The van der Waals surface area contributed by atoms with Crippen molar-refractivity contribution in [2.24, 2.45) is 11.3 Å². The quantitative estimate of drug-likeness (QED) is 0.513. The first kappa shape index (κ1) is 22.9. The molecule has 0 aromatic heterocycles. The van der Waals surface area contributed by atoms with Crippen LogP contribution in [0.15, 0.2) is 24.3 Å². The number of anilines is 1. The van der Waals surface area contributed by atoms with Gasteiger partial charge in [0.1, 0.15) is 0 Å². The van der Waals surface area contributed by atoms with Crippen molar-refractivity contribution in [3.8, 4) is 0 Å². The second-order valence-electron chi connectivity index (χ2n) is 10.4. The fraction of sp³-hybridized carbons (Fsp3) is 0.769. The minimum absolute atomic E-state index is 0. The van der Waals surface area contributed by atoms with Gasteiger partial charge in [0.15, 0.2) is 0 Å². The molecule has 3 fully saturated rings. The van der Waals surface area contributed by atoms with Gasteiger partial charge in [-0.25, -0.2) is 0 Å². The lowest BCUT2D eigenvalue weighted by Gasteiger charge is -2.44. The molecule has 1 aromatic carbocycles. The summed E-state index contributed by atoms with van der Waals surface area (Å²) in [4.78, 5) is 5.36. The topological polar surface area (TPSA) is 6.48 Å². The molecule has 1 heterocycles. The van der Waals surface area contributed by atoms with Crippen LogP contribution in [0.3, 0.4) is 0 Å². The standard InChI is InChI=1S/C26H42N2.ClH/c1-22(2)12-17-27-18-20-28(21-19-27)25-9-5-4-8-24(25)23-10-15-26(16-11-23)13-6-3-7-14-26;/h4-5,8-9,22-23H,3,6-7,10-21H2,1-2H3;1H. The first-order valence-corrected chi connectivity index (χ1v) is 12.2. The summed E-state index contributed by atoms with van der Waals surface area (Å²) in [5.74, 6) is 1.61. The number of halogens is 1. The lowest BCUT2D eigenvalue weighted by atomic mass is 9.62. The van der Waals surface area contributed by atoms with E-state index in [0.29, 0.717) is 0 Å². The van der Waals surface area contributed by atoms with Crippen LogP contribution in [0.25, 0.3) is 0 Å². The first-order chi connectivity index (χ1) is 13.7. The van der Waals surface area contributed by atoms with E-state index in [2.05, 4.69) is 47.9 Å². The number of hydrogen-bond acceptors (Lipinski definition) is 2. The molecule has 1 saturated heterocycles. The van der Waals surface area contributed by atoms with Crippen LogP contribution >= 0.6 is 12.4 Å². The molecule has 0 unspecified atom stereocenters. The minimum atomic E-state index is 0. The van der Waals surface area contributed by atoms with Crippen LogP contribution in [0.5, 0.6) is 0 Å². The molecule has 1 aromatic rings. The van der Waals surface area contributed by atoms with E-state index >= 15 is 0 Å². The van der Waals surface area contributed by atoms with Crippen LogP contribution in [0, 0.1) is 11.3 Å². The molecule has 1 spiro atoms. The molecule has 0 atom stereocenters. The smallest absolute Gasteiger partial charge is 0.0402 e. The minimum Gasteiger partial charge on any atom is -0.369 e. The van der Waals surface area contributed by atoms with Crippen LogP contribution in [-0.4, -0.2) is 37.6 Å². The predicted octanol–water partition coefficient (Wildman–Crippen LogP) is 6.88. The molecule has 2 aliphatic carbocycles. The van der Waals surface area contributed by atoms with Crippen molar-refractivity contribution in [3.63, 3.8) is 0 Å². The van der Waals surface area contributed by atoms with Gasteiger partial charge in [-0.05, 0) is 80.4 Å². The Morgan fingerprint density at radius 3 is 2.21 bits per heavy atom. The third-order valence-corrected chi connectivity index (χ3v) is 8.07. The summed E-state index contributed by atoms with van der Waals surface area (Å²) >= 11 is 0. The van der Waals surface area contributed by atoms with E-state index in [9.17, 15) is 0 Å². The zero-order valence-electron chi connectivity index (χ0n) is 18.9. The number of benzene rings is 1. The summed E-state index contributed by atoms with van der Waals surface area (Å²) < 4.78 is 0. The van der Waals surface area contributed by atoms with Gasteiger partial charge in [0.25, 0.3) is 0 Å². The molecule has 2 saturated carbocycles. The Balaban J connectivity index is 0.00000240. The van der Waals surface area contributed by atoms with E-state index in [0.717, 1.165) is 17.3 Å². The van der Waals surface area contributed by atoms with E-state index in [1.807, 2.05) is 0 Å². The highest BCUT2D eigenvalue weighted by molar-refractivity contribution is 5.85. The van der Waals surface area contributed by atoms with E-state index in [4.69, 9.17) is 0 Å². The second kappa shape index (κ2) is 10.5. The molecule has 4 rings (SSSR count). The van der Waals surface area contributed by atoms with Crippen molar-refractivity contribution in [2.75, 3.05) is 37.6 Å². The molecular formula is C26H43ClN2. The van der Waals surface area contributed by atoms with Crippen molar-refractivity contribution < 1.29 is 0 Å². The molecule has 0 radical (unpaired) electrons. The fourth-order valence-corrected chi connectivity index (χ4v) is 6.12. The molecule has 164 valence electrons. The van der Waals surface area contributed by atoms with Crippen LogP contribution in [0.1, 0.15) is 89.5 Å². The van der Waals surface area contributed by atoms with E-state index in [1.54, 1.807) is 11.3 Å². The highest BCUT2D eigenvalue weighted by Gasteiger charge is 2.37. The average Bonchev–Trinajstić information content (AvgIpc) is 2.74. The Morgan fingerprint density at radius 2 is 1.55 bits per heavy atom. The summed E-state index contributed by atoms with van der Waals surface area (Å²) in [5.41, 5.74) is 3.94. The van der Waals surface area contributed by atoms with Crippen molar-refractivity contribution in [1.29, 1.82) is 0 Å². The van der Waals surface area contributed by atoms with Crippen LogP contribution in [0.4, 0.5) is 5.69 Å². The number of piperazine rings is 1. The van der Waals surface area contributed by atoms with Gasteiger partial charge < -0.3 is 4.90 Å². The van der Waals surface area contributed by atoms with Crippen LogP contribution < -0.4 is 4.90 Å². The van der Waals surface area contributed by atoms with Crippen molar-refractivity contribution >= 4 is 18.1 Å². The fourth-order valence-electron chi connectivity index (χ4n) is 6.12. The van der Waals surface area contributed by atoms with E-state index in [1.165, 1.54) is 96.9 Å². The molecule has 2 nitrogen and oxygen atoms in total. The highest BCUT2D eigenvalue weighted by atomic mass is 35.5. The lowest BCUT2D eigenvalue weighted by Crippen LogP contribution is -2.47. The number of nitrogens with zero attached hydrogens (tertiary/aromatic N) is 2. The van der Waals surface area contributed by atoms with E-state index < -0.39 is 0 Å². The Bertz CT molecular complexity index is 605. The van der Waals surface area contributed by atoms with Crippen molar-refractivity contribution in [2.45, 2.75) is 84.0 Å². The molecule has 1 aliphatic heterocycles. The zero-order valence-corrected chi connectivity index (χ0v) is 19.7. The summed E-state index contributed by atoms with van der Waals surface area (Å²) in [7, 11) is 0. The van der Waals surface area contributed by atoms with Gasteiger partial charge in [0.2, 0.25) is 0 Å². The number of para-hydroxylation sites is 1. The maximum atomic E-state index is 2.69. The summed E-state index contributed by atoms with van der Waals surface area (Å²) in [6.07, 6.45) is 14.6. The second-order valence-corrected chi connectivity index (χ2v) is 10.4. The summed E-state index contributed by atoms with van der Waals surface area (Å²) in [6, 6.07) is 9.40. The van der Waals surface area contributed by atoms with Gasteiger partial charge in [-0.3, -0.25) is 4.90 Å². The maximum Gasteiger partial charge on any atom is 0.0402 e. The molecule has 3 heteroatoms. The molecule has 29 heavy (non-hydrogen) atoms. The van der Waals surface area contributed by atoms with Gasteiger partial charge in [0.05, 0.1) is 0 Å². The van der Waals surface area contributed by atoms with Gasteiger partial charge in [0, 0.05) is 31.9 Å². The summed E-state index contributed by atoms with van der Waals surface area (Å²) in [5, 5.41) is 0. The van der Waals surface area contributed by atoms with Crippen LogP contribution in [-0.2, 0) is 0 Å². The third kappa shape index (κ3) is 5.70. The Morgan fingerprint density at radius 1 is 0.897 bits per heavy atom. The van der Waals surface area contributed by atoms with Gasteiger partial charge in [-0.15, -0.1) is 12.4 Å². The SMILES string of the molecule is CC(C)CCN1CCN(c2ccccc2C2CCC3(CCCCC3)CC2)CC1.Cl. The monoisotopic (exact) mass is 418 g/mol. The average molecular weight is 419 g/mol. The number of hydrogen-bond donors (Lipinski definition) is 0. The molecule has 0 bridgehead atoms. The Kier molecular flexibility index (Phi) is 8.33. The first-order valence-electron chi connectivity index (χ1n) is 12.2. The Labute approximate surface area is 185 Å². The lowest BCUT2D eigenvalue weighted by molar-refractivity contribution is 0.114. The summed E-state index contributed by atoms with van der Waals surface area (Å²) in [6.45, 7) is 10.8. The molecular weight excluding hydrogens is 376 g/mol. The molecule has 0 N–H and O–H groups in total. The van der Waals surface area contributed by atoms with Gasteiger partial charge in [-0.1, -0.05) is 51.3 Å². The largest absolute Gasteiger partial charge is 0.369 e.